The van der Waals surface area contributed by atoms with Crippen LogP contribution in [0.25, 0.3) is 0 Å². The zero-order valence-electron chi connectivity index (χ0n) is 14.9. The number of esters is 1. The summed E-state index contributed by atoms with van der Waals surface area (Å²) >= 11 is 12.2. The molecular weight excluding hydrogens is 393 g/mol. The molecule has 0 radical (unpaired) electrons. The Balaban J connectivity index is 1.85. The predicted octanol–water partition coefficient (Wildman–Crippen LogP) is 2.80. The molecule has 9 heteroatoms. The number of hydrogen-bond donors (Lipinski definition) is 2. The third-order valence-electron chi connectivity index (χ3n) is 4.06. The molecule has 0 aromatic heterocycles. The van der Waals surface area contributed by atoms with Gasteiger partial charge in [0.05, 0.1) is 0 Å². The number of halogens is 2. The fourth-order valence-electron chi connectivity index (χ4n) is 2.67. The molecule has 0 saturated carbocycles. The summed E-state index contributed by atoms with van der Waals surface area (Å²) in [6, 6.07) is 5.29. The van der Waals surface area contributed by atoms with Crippen LogP contribution < -0.4 is 10.7 Å². The summed E-state index contributed by atoms with van der Waals surface area (Å²) in [4.78, 5) is 34.9. The van der Waals surface area contributed by atoms with Crippen LogP contribution in [-0.4, -0.2) is 36.6 Å². The number of carbonyl (C=O) groups excluding carboxylic acids is 3. The number of hydrazone groups is 1. The third kappa shape index (κ3) is 6.52. The van der Waals surface area contributed by atoms with Crippen LogP contribution in [0, 0.1) is 0 Å². The summed E-state index contributed by atoms with van der Waals surface area (Å²) in [5.74, 6) is -1.37. The number of benzene rings is 1. The zero-order valence-corrected chi connectivity index (χ0v) is 16.4. The quantitative estimate of drug-likeness (QED) is 0.640. The van der Waals surface area contributed by atoms with Crippen LogP contribution in [-0.2, 0) is 19.1 Å². The van der Waals surface area contributed by atoms with Crippen LogP contribution in [0.2, 0.25) is 10.0 Å². The lowest BCUT2D eigenvalue weighted by Crippen LogP contribution is -2.35. The fraction of sp³-hybridized carbons (Fsp3) is 0.444. The Kier molecular flexibility index (Phi) is 8.06. The third-order valence-corrected chi connectivity index (χ3v) is 4.62. The van der Waals surface area contributed by atoms with Gasteiger partial charge in [-0.15, -0.1) is 0 Å². The van der Waals surface area contributed by atoms with Crippen LogP contribution in [0.15, 0.2) is 23.3 Å². The molecule has 27 heavy (non-hydrogen) atoms. The first-order valence-electron chi connectivity index (χ1n) is 8.64. The number of carbonyl (C=O) groups is 3. The van der Waals surface area contributed by atoms with Crippen LogP contribution in [0.1, 0.15) is 44.1 Å². The molecule has 0 bridgehead atoms. The van der Waals surface area contributed by atoms with Gasteiger partial charge in [0.25, 0.3) is 5.91 Å². The molecule has 146 valence electrons. The minimum atomic E-state index is -0.712. The second-order valence-electron chi connectivity index (χ2n) is 6.13. The van der Waals surface area contributed by atoms with Gasteiger partial charge in [-0.1, -0.05) is 42.6 Å². The van der Waals surface area contributed by atoms with E-state index in [4.69, 9.17) is 27.9 Å². The van der Waals surface area contributed by atoms with Crippen molar-refractivity contribution in [2.24, 2.45) is 5.10 Å². The van der Waals surface area contributed by atoms with Crippen LogP contribution in [0.3, 0.4) is 0 Å². The van der Waals surface area contributed by atoms with Gasteiger partial charge in [0, 0.05) is 35.3 Å². The molecule has 0 spiro atoms. The number of hydrogen-bond acceptors (Lipinski definition) is 5. The Labute approximate surface area is 167 Å². The largest absolute Gasteiger partial charge is 0.451 e. The maximum absolute atomic E-state index is 12.0. The minimum absolute atomic E-state index is 0.0253. The summed E-state index contributed by atoms with van der Waals surface area (Å²) < 4.78 is 4.94. The molecule has 2 N–H and O–H groups in total. The van der Waals surface area contributed by atoms with Gasteiger partial charge in [-0.2, -0.15) is 5.10 Å². The van der Waals surface area contributed by atoms with Crippen molar-refractivity contribution in [3.05, 3.63) is 33.8 Å². The Bertz CT molecular complexity index is 752. The molecule has 0 fully saturated rings. The summed E-state index contributed by atoms with van der Waals surface area (Å²) in [6.45, 7) is 1.99. The zero-order chi connectivity index (χ0) is 19.8. The first-order valence-corrected chi connectivity index (χ1v) is 9.40. The van der Waals surface area contributed by atoms with E-state index in [0.717, 1.165) is 18.4 Å². The number of ether oxygens (including phenoxy) is 1. The highest BCUT2D eigenvalue weighted by Gasteiger charge is 2.21. The highest BCUT2D eigenvalue weighted by Crippen LogP contribution is 2.30. The van der Waals surface area contributed by atoms with Crippen molar-refractivity contribution in [2.45, 2.75) is 38.5 Å². The summed E-state index contributed by atoms with van der Waals surface area (Å²) in [5, 5.41) is 7.49. The van der Waals surface area contributed by atoms with Gasteiger partial charge >= 0.3 is 5.97 Å². The van der Waals surface area contributed by atoms with E-state index >= 15 is 0 Å². The van der Waals surface area contributed by atoms with Gasteiger partial charge in [0.15, 0.2) is 6.61 Å². The van der Waals surface area contributed by atoms with E-state index in [1.165, 1.54) is 0 Å². The molecule has 1 aliphatic heterocycles. The number of nitrogens with one attached hydrogen (secondary N) is 2. The van der Waals surface area contributed by atoms with Crippen LogP contribution >= 0.6 is 23.2 Å². The van der Waals surface area contributed by atoms with Crippen molar-refractivity contribution in [2.75, 3.05) is 13.2 Å². The van der Waals surface area contributed by atoms with Gasteiger partial charge in [0.1, 0.15) is 5.71 Å². The number of amides is 2. The van der Waals surface area contributed by atoms with Crippen LogP contribution in [0.5, 0.6) is 0 Å². The maximum atomic E-state index is 12.0. The van der Waals surface area contributed by atoms with E-state index in [2.05, 4.69) is 15.8 Å². The molecule has 1 aliphatic rings. The van der Waals surface area contributed by atoms with Crippen molar-refractivity contribution in [1.82, 2.24) is 10.7 Å². The van der Waals surface area contributed by atoms with Gasteiger partial charge in [-0.05, 0) is 24.1 Å². The molecule has 0 unspecified atom stereocenters. The molecule has 7 nitrogen and oxygen atoms in total. The maximum Gasteiger partial charge on any atom is 0.355 e. The van der Waals surface area contributed by atoms with Crippen molar-refractivity contribution >= 4 is 46.7 Å². The van der Waals surface area contributed by atoms with Crippen LogP contribution in [0.4, 0.5) is 0 Å². The van der Waals surface area contributed by atoms with E-state index in [1.807, 2.05) is 13.0 Å². The minimum Gasteiger partial charge on any atom is -0.451 e. The van der Waals surface area contributed by atoms with E-state index in [1.54, 1.807) is 12.1 Å². The molecule has 1 heterocycles. The van der Waals surface area contributed by atoms with Gasteiger partial charge < -0.3 is 10.1 Å². The Morgan fingerprint density at radius 3 is 2.74 bits per heavy atom. The monoisotopic (exact) mass is 413 g/mol. The Morgan fingerprint density at radius 1 is 1.33 bits per heavy atom. The number of nitrogens with zero attached hydrogens (tertiary/aromatic N) is 1. The summed E-state index contributed by atoms with van der Waals surface area (Å²) in [5.41, 5.74) is 3.21. The van der Waals surface area contributed by atoms with Crippen molar-refractivity contribution in [3.63, 3.8) is 0 Å². The SMILES string of the molecule is CCC[C@H](CNC(=O)COC(=O)C1=NNC(=O)CC1)c1ccc(Cl)cc1Cl. The van der Waals surface area contributed by atoms with Crippen molar-refractivity contribution in [3.8, 4) is 0 Å². The standard InChI is InChI=1S/C18H21Cl2N3O4/c1-2-3-11(13-5-4-12(19)8-14(13)20)9-21-17(25)10-27-18(26)15-6-7-16(24)23-22-15/h4-5,8,11H,2-3,6-7,9-10H2,1H3,(H,21,25)(H,23,24)/t11-/m1/s1. The lowest BCUT2D eigenvalue weighted by Gasteiger charge is -2.19. The fourth-order valence-corrected chi connectivity index (χ4v) is 3.24. The lowest BCUT2D eigenvalue weighted by molar-refractivity contribution is -0.142. The average molecular weight is 414 g/mol. The highest BCUT2D eigenvalue weighted by molar-refractivity contribution is 6.37. The smallest absolute Gasteiger partial charge is 0.355 e. The van der Waals surface area contributed by atoms with E-state index in [9.17, 15) is 14.4 Å². The molecule has 0 saturated heterocycles. The summed E-state index contributed by atoms with van der Waals surface area (Å²) in [6.07, 6.45) is 2.11. The normalized spacial score (nSPS) is 14.8. The second-order valence-corrected chi connectivity index (χ2v) is 6.97. The molecular formula is C18H21Cl2N3O4. The second kappa shape index (κ2) is 10.3. The van der Waals surface area contributed by atoms with E-state index < -0.39 is 18.5 Å². The first kappa shape index (κ1) is 21.2. The van der Waals surface area contributed by atoms with Gasteiger partial charge in [0.2, 0.25) is 5.91 Å². The topological polar surface area (TPSA) is 96.9 Å². The molecule has 1 atom stereocenters. The molecule has 1 aromatic carbocycles. The highest BCUT2D eigenvalue weighted by atomic mass is 35.5. The first-order chi connectivity index (χ1) is 12.9. The summed E-state index contributed by atoms with van der Waals surface area (Å²) in [7, 11) is 0. The predicted molar refractivity (Wildman–Crippen MR) is 103 cm³/mol. The Hall–Kier alpha value is -2.12. The Morgan fingerprint density at radius 2 is 2.11 bits per heavy atom. The molecule has 0 aliphatic carbocycles. The molecule has 2 amide bonds. The molecule has 2 rings (SSSR count). The van der Waals surface area contributed by atoms with Gasteiger partial charge in [-0.25, -0.2) is 10.2 Å². The van der Waals surface area contributed by atoms with Gasteiger partial charge in [-0.3, -0.25) is 9.59 Å². The average Bonchev–Trinajstić information content (AvgIpc) is 2.64. The van der Waals surface area contributed by atoms with E-state index in [0.29, 0.717) is 16.6 Å². The lowest BCUT2D eigenvalue weighted by atomic mass is 9.94. The van der Waals surface area contributed by atoms with Crippen molar-refractivity contribution < 1.29 is 19.1 Å². The van der Waals surface area contributed by atoms with Crippen molar-refractivity contribution in [1.29, 1.82) is 0 Å². The van der Waals surface area contributed by atoms with E-state index in [-0.39, 0.29) is 30.4 Å². The molecule has 1 aromatic rings. The number of rotatable bonds is 8.